The van der Waals surface area contributed by atoms with Gasteiger partial charge in [0.25, 0.3) is 11.6 Å². The molecule has 0 fully saturated rings. The lowest BCUT2D eigenvalue weighted by molar-refractivity contribution is -0.385. The average molecular weight is 328 g/mol. The number of aliphatic carboxylic acids is 1. The molecule has 0 aliphatic rings. The molecule has 0 saturated heterocycles. The van der Waals surface area contributed by atoms with Crippen molar-refractivity contribution in [2.45, 2.75) is 11.8 Å². The molecular weight excluding hydrogens is 312 g/mol. The summed E-state index contributed by atoms with van der Waals surface area (Å²) in [6.45, 7) is 1.31. The first-order valence-electron chi connectivity index (χ1n) is 6.23. The van der Waals surface area contributed by atoms with Gasteiger partial charge in [0.1, 0.15) is 11.3 Å². The first kappa shape index (κ1) is 17.8. The quantitative estimate of drug-likeness (QED) is 0.445. The molecule has 0 aliphatic carbocycles. The van der Waals surface area contributed by atoms with Gasteiger partial charge in [0.05, 0.1) is 28.9 Å². The zero-order chi connectivity index (χ0) is 16.9. The molecule has 1 aromatic rings. The molecule has 8 nitrogen and oxygen atoms in total. The summed E-state index contributed by atoms with van der Waals surface area (Å²) in [4.78, 5) is 33.8. The summed E-state index contributed by atoms with van der Waals surface area (Å²) in [5.74, 6) is -2.25. The first-order chi connectivity index (χ1) is 10.3. The van der Waals surface area contributed by atoms with Crippen LogP contribution >= 0.6 is 11.8 Å². The van der Waals surface area contributed by atoms with Crippen molar-refractivity contribution in [1.82, 2.24) is 5.32 Å². The van der Waals surface area contributed by atoms with E-state index in [0.29, 0.717) is 10.6 Å². The topological polar surface area (TPSA) is 119 Å². The minimum Gasteiger partial charge on any atom is -0.495 e. The number of nitrogens with one attached hydrogen (secondary N) is 1. The second-order valence-electron chi connectivity index (χ2n) is 4.43. The zero-order valence-electron chi connectivity index (χ0n) is 12.3. The van der Waals surface area contributed by atoms with Crippen LogP contribution in [0.15, 0.2) is 17.0 Å². The number of hydrogen-bond donors (Lipinski definition) is 2. The molecule has 9 heteroatoms. The predicted molar refractivity (Wildman–Crippen MR) is 80.6 cm³/mol. The number of amides is 1. The lowest BCUT2D eigenvalue weighted by atomic mass is 10.1. The van der Waals surface area contributed by atoms with Crippen molar-refractivity contribution in [3.05, 3.63) is 27.8 Å². The van der Waals surface area contributed by atoms with Gasteiger partial charge in [0.2, 0.25) is 0 Å². The van der Waals surface area contributed by atoms with E-state index in [-0.39, 0.29) is 12.1 Å². The van der Waals surface area contributed by atoms with Gasteiger partial charge in [-0.15, -0.1) is 11.8 Å². The van der Waals surface area contributed by atoms with E-state index in [4.69, 9.17) is 9.84 Å². The van der Waals surface area contributed by atoms with Crippen molar-refractivity contribution in [2.75, 3.05) is 19.9 Å². The second kappa shape index (κ2) is 7.64. The van der Waals surface area contributed by atoms with Crippen LogP contribution in [0.4, 0.5) is 5.69 Å². The summed E-state index contributed by atoms with van der Waals surface area (Å²) in [6, 6.07) is 2.55. The fourth-order valence-corrected chi connectivity index (χ4v) is 2.21. The standard InChI is InChI=1S/C13H16N2O6S/c1-7(13(17)18)6-14-12(16)8-4-11(22-3)10(21-2)5-9(8)15(19)20/h4-5,7H,6H2,1-3H3,(H,14,16)(H,17,18). The molecule has 1 atom stereocenters. The smallest absolute Gasteiger partial charge is 0.308 e. The normalized spacial score (nSPS) is 11.6. The van der Waals surface area contributed by atoms with Gasteiger partial charge < -0.3 is 15.2 Å². The molecule has 1 aromatic carbocycles. The van der Waals surface area contributed by atoms with Gasteiger partial charge in [-0.2, -0.15) is 0 Å². The van der Waals surface area contributed by atoms with Crippen LogP contribution in [0, 0.1) is 16.0 Å². The maximum absolute atomic E-state index is 12.1. The monoisotopic (exact) mass is 328 g/mol. The summed E-state index contributed by atoms with van der Waals surface area (Å²) in [6.07, 6.45) is 1.75. The Kier molecular flexibility index (Phi) is 6.17. The molecule has 0 aromatic heterocycles. The number of benzene rings is 1. The van der Waals surface area contributed by atoms with Crippen LogP contribution in [0.1, 0.15) is 17.3 Å². The number of ether oxygens (including phenoxy) is 1. The van der Waals surface area contributed by atoms with Gasteiger partial charge in [-0.05, 0) is 12.3 Å². The van der Waals surface area contributed by atoms with Gasteiger partial charge in [-0.25, -0.2) is 0 Å². The van der Waals surface area contributed by atoms with Crippen LogP contribution < -0.4 is 10.1 Å². The van der Waals surface area contributed by atoms with E-state index < -0.39 is 28.4 Å². The molecule has 0 spiro atoms. The minimum atomic E-state index is -1.06. The Morgan fingerprint density at radius 1 is 1.50 bits per heavy atom. The summed E-state index contributed by atoms with van der Waals surface area (Å²) in [5, 5.41) is 22.3. The maximum Gasteiger partial charge on any atom is 0.308 e. The maximum atomic E-state index is 12.1. The highest BCUT2D eigenvalue weighted by Crippen LogP contribution is 2.34. The second-order valence-corrected chi connectivity index (χ2v) is 5.28. The van der Waals surface area contributed by atoms with Crippen molar-refractivity contribution >= 4 is 29.3 Å². The number of nitrogens with zero attached hydrogens (tertiary/aromatic N) is 1. The number of methoxy groups -OCH3 is 1. The summed E-state index contributed by atoms with van der Waals surface area (Å²) >= 11 is 1.28. The molecule has 22 heavy (non-hydrogen) atoms. The molecule has 0 aliphatic heterocycles. The highest BCUT2D eigenvalue weighted by molar-refractivity contribution is 7.98. The fraction of sp³-hybridized carbons (Fsp3) is 0.385. The van der Waals surface area contributed by atoms with E-state index in [1.165, 1.54) is 37.9 Å². The van der Waals surface area contributed by atoms with E-state index in [1.807, 2.05) is 0 Å². The SMILES string of the molecule is COc1cc([N+](=O)[O-])c(C(=O)NCC(C)C(=O)O)cc1SC. The van der Waals surface area contributed by atoms with Crippen LogP contribution in [-0.4, -0.2) is 41.8 Å². The van der Waals surface area contributed by atoms with Crippen LogP contribution in [0.5, 0.6) is 5.75 Å². The summed E-state index contributed by atoms with van der Waals surface area (Å²) in [5.41, 5.74) is -0.525. The predicted octanol–water partition coefficient (Wildman–Crippen LogP) is 1.78. The molecule has 2 N–H and O–H groups in total. The number of carbonyl (C=O) groups is 2. The Bertz CT molecular complexity index is 604. The van der Waals surface area contributed by atoms with Crippen LogP contribution in [0.2, 0.25) is 0 Å². The van der Waals surface area contributed by atoms with E-state index in [9.17, 15) is 19.7 Å². The number of rotatable bonds is 7. The van der Waals surface area contributed by atoms with Crippen molar-refractivity contribution < 1.29 is 24.4 Å². The third-order valence-electron chi connectivity index (χ3n) is 2.93. The number of nitro benzene ring substituents is 1. The fourth-order valence-electron chi connectivity index (χ4n) is 1.63. The third kappa shape index (κ3) is 4.10. The molecule has 120 valence electrons. The molecule has 1 amide bonds. The lowest BCUT2D eigenvalue weighted by Crippen LogP contribution is -2.31. The molecule has 0 heterocycles. The van der Waals surface area contributed by atoms with Gasteiger partial charge in [0, 0.05) is 6.54 Å². The number of carboxylic acid groups (broad SMARTS) is 1. The van der Waals surface area contributed by atoms with Gasteiger partial charge in [-0.1, -0.05) is 6.92 Å². The zero-order valence-corrected chi connectivity index (χ0v) is 13.1. The highest BCUT2D eigenvalue weighted by atomic mass is 32.2. The Morgan fingerprint density at radius 2 is 2.14 bits per heavy atom. The van der Waals surface area contributed by atoms with Crippen molar-refractivity contribution in [3.8, 4) is 5.75 Å². The van der Waals surface area contributed by atoms with Gasteiger partial charge in [0.15, 0.2) is 0 Å². The molecular formula is C13H16N2O6S. The van der Waals surface area contributed by atoms with E-state index in [2.05, 4.69) is 5.32 Å². The number of carbonyl (C=O) groups excluding carboxylic acids is 1. The van der Waals surface area contributed by atoms with Crippen LogP contribution in [0.3, 0.4) is 0 Å². The Balaban J connectivity index is 3.13. The molecule has 1 rings (SSSR count). The van der Waals surface area contributed by atoms with E-state index >= 15 is 0 Å². The van der Waals surface area contributed by atoms with E-state index in [0.717, 1.165) is 0 Å². The summed E-state index contributed by atoms with van der Waals surface area (Å²) < 4.78 is 5.06. The van der Waals surface area contributed by atoms with Crippen molar-refractivity contribution in [1.29, 1.82) is 0 Å². The average Bonchev–Trinajstić information content (AvgIpc) is 2.50. The minimum absolute atomic E-state index is 0.119. The molecule has 0 saturated carbocycles. The molecule has 0 radical (unpaired) electrons. The van der Waals surface area contributed by atoms with Crippen molar-refractivity contribution in [3.63, 3.8) is 0 Å². The molecule has 0 bridgehead atoms. The van der Waals surface area contributed by atoms with Crippen molar-refractivity contribution in [2.24, 2.45) is 5.92 Å². The third-order valence-corrected chi connectivity index (χ3v) is 3.69. The highest BCUT2D eigenvalue weighted by Gasteiger charge is 2.24. The van der Waals surface area contributed by atoms with Crippen LogP contribution in [-0.2, 0) is 4.79 Å². The number of hydrogen-bond acceptors (Lipinski definition) is 6. The lowest BCUT2D eigenvalue weighted by Gasteiger charge is -2.11. The molecule has 1 unspecified atom stereocenters. The Morgan fingerprint density at radius 3 is 2.59 bits per heavy atom. The van der Waals surface area contributed by atoms with E-state index in [1.54, 1.807) is 6.26 Å². The first-order valence-corrected chi connectivity index (χ1v) is 7.45. The van der Waals surface area contributed by atoms with Crippen LogP contribution in [0.25, 0.3) is 0 Å². The number of carboxylic acids is 1. The number of nitro groups is 1. The summed E-state index contributed by atoms with van der Waals surface area (Å²) in [7, 11) is 1.38. The van der Waals surface area contributed by atoms with Gasteiger partial charge >= 0.3 is 5.97 Å². The largest absolute Gasteiger partial charge is 0.495 e. The number of thioether (sulfide) groups is 1. The van der Waals surface area contributed by atoms with Gasteiger partial charge in [-0.3, -0.25) is 19.7 Å². The Hall–Kier alpha value is -2.29. The Labute approximate surface area is 131 Å².